The summed E-state index contributed by atoms with van der Waals surface area (Å²) in [5.74, 6) is 0.706. The van der Waals surface area contributed by atoms with Crippen LogP contribution < -0.4 is 4.74 Å². The Morgan fingerprint density at radius 1 is 1.22 bits per heavy atom. The summed E-state index contributed by atoms with van der Waals surface area (Å²) in [5.41, 5.74) is 0.687. The van der Waals surface area contributed by atoms with Crippen LogP contribution in [-0.2, 0) is 0 Å². The van der Waals surface area contributed by atoms with Crippen LogP contribution >= 0.6 is 0 Å². The van der Waals surface area contributed by atoms with Gasteiger partial charge in [0.2, 0.25) is 0 Å². The number of ether oxygens (including phenoxy) is 1. The first kappa shape index (κ1) is 14.9. The van der Waals surface area contributed by atoms with Crippen molar-refractivity contribution in [3.63, 3.8) is 0 Å². The molecule has 1 aromatic rings. The van der Waals surface area contributed by atoms with Gasteiger partial charge in [-0.15, -0.1) is 13.2 Å². The van der Waals surface area contributed by atoms with Gasteiger partial charge in [-0.2, -0.15) is 0 Å². The standard InChI is InChI=1S/C12H13F3O.C2H6/c1-2-8-7-10(8)9-5-3-4-6-11(9)16-12(13,14)15;1-2/h3-6,8,10H,2,7H2,1H3;1-2H3. The summed E-state index contributed by atoms with van der Waals surface area (Å²) in [4.78, 5) is 0. The average molecular weight is 260 g/mol. The largest absolute Gasteiger partial charge is 0.573 e. The molecule has 18 heavy (non-hydrogen) atoms. The molecule has 0 heterocycles. The van der Waals surface area contributed by atoms with Crippen LogP contribution in [0.2, 0.25) is 0 Å². The van der Waals surface area contributed by atoms with Crippen molar-refractivity contribution in [2.45, 2.75) is 45.9 Å². The predicted molar refractivity (Wildman–Crippen MR) is 65.6 cm³/mol. The number of alkyl halides is 3. The van der Waals surface area contributed by atoms with Gasteiger partial charge in [-0.05, 0) is 29.9 Å². The van der Waals surface area contributed by atoms with Crippen molar-refractivity contribution in [2.75, 3.05) is 0 Å². The first-order valence-electron chi connectivity index (χ1n) is 6.36. The molecule has 2 unspecified atom stereocenters. The Kier molecular flexibility index (Phi) is 5.05. The molecule has 0 amide bonds. The van der Waals surface area contributed by atoms with Crippen molar-refractivity contribution in [1.29, 1.82) is 0 Å². The van der Waals surface area contributed by atoms with E-state index in [1.54, 1.807) is 18.2 Å². The Bertz CT molecular complexity index is 374. The smallest absolute Gasteiger partial charge is 0.405 e. The summed E-state index contributed by atoms with van der Waals surface area (Å²) < 4.78 is 40.5. The van der Waals surface area contributed by atoms with Gasteiger partial charge >= 0.3 is 6.36 Å². The van der Waals surface area contributed by atoms with E-state index in [1.165, 1.54) is 6.07 Å². The van der Waals surface area contributed by atoms with Crippen LogP contribution in [-0.4, -0.2) is 6.36 Å². The number of para-hydroxylation sites is 1. The van der Waals surface area contributed by atoms with E-state index in [0.717, 1.165) is 12.8 Å². The lowest BCUT2D eigenvalue weighted by Crippen LogP contribution is -2.18. The highest BCUT2D eigenvalue weighted by Crippen LogP contribution is 2.52. The third-order valence-corrected chi connectivity index (χ3v) is 2.99. The van der Waals surface area contributed by atoms with E-state index in [-0.39, 0.29) is 11.7 Å². The molecule has 1 nitrogen and oxygen atoms in total. The Labute approximate surface area is 106 Å². The molecule has 1 fully saturated rings. The molecule has 0 spiro atoms. The first-order valence-corrected chi connectivity index (χ1v) is 6.36. The van der Waals surface area contributed by atoms with Crippen LogP contribution in [0.15, 0.2) is 24.3 Å². The molecule has 0 bridgehead atoms. The van der Waals surface area contributed by atoms with Gasteiger partial charge in [-0.3, -0.25) is 0 Å². The zero-order valence-corrected chi connectivity index (χ0v) is 10.9. The molecule has 2 rings (SSSR count). The Balaban J connectivity index is 0.000000771. The Morgan fingerprint density at radius 3 is 2.33 bits per heavy atom. The SMILES string of the molecule is CC.CCC1CC1c1ccccc1OC(F)(F)F. The molecule has 1 aliphatic rings. The Morgan fingerprint density at radius 2 is 1.83 bits per heavy atom. The van der Waals surface area contributed by atoms with Crippen LogP contribution in [0.5, 0.6) is 5.75 Å². The van der Waals surface area contributed by atoms with Gasteiger partial charge < -0.3 is 4.74 Å². The minimum absolute atomic E-state index is 0.0454. The number of halogens is 3. The van der Waals surface area contributed by atoms with Crippen LogP contribution in [0, 0.1) is 5.92 Å². The van der Waals surface area contributed by atoms with E-state index in [1.807, 2.05) is 13.8 Å². The van der Waals surface area contributed by atoms with Crippen LogP contribution in [0.3, 0.4) is 0 Å². The highest BCUT2D eigenvalue weighted by atomic mass is 19.4. The normalized spacial score (nSPS) is 21.9. The molecule has 0 aromatic heterocycles. The lowest BCUT2D eigenvalue weighted by atomic mass is 10.1. The van der Waals surface area contributed by atoms with Crippen LogP contribution in [0.4, 0.5) is 13.2 Å². The summed E-state index contributed by atoms with van der Waals surface area (Å²) >= 11 is 0. The van der Waals surface area contributed by atoms with E-state index >= 15 is 0 Å². The maximum atomic E-state index is 12.2. The van der Waals surface area contributed by atoms with Gasteiger partial charge in [0.1, 0.15) is 5.75 Å². The van der Waals surface area contributed by atoms with Crippen LogP contribution in [0.25, 0.3) is 0 Å². The third kappa shape index (κ3) is 3.93. The number of benzene rings is 1. The fourth-order valence-electron chi connectivity index (χ4n) is 2.08. The van der Waals surface area contributed by atoms with Crippen molar-refractivity contribution >= 4 is 0 Å². The van der Waals surface area contributed by atoms with Crippen molar-refractivity contribution in [2.24, 2.45) is 5.92 Å². The molecule has 1 aliphatic carbocycles. The van der Waals surface area contributed by atoms with Gasteiger partial charge in [0.05, 0.1) is 0 Å². The molecule has 1 aromatic carbocycles. The summed E-state index contributed by atoms with van der Waals surface area (Å²) in [5, 5.41) is 0. The minimum Gasteiger partial charge on any atom is -0.405 e. The van der Waals surface area contributed by atoms with Crippen molar-refractivity contribution in [1.82, 2.24) is 0 Å². The van der Waals surface area contributed by atoms with Crippen molar-refractivity contribution in [3.05, 3.63) is 29.8 Å². The predicted octanol–water partition coefficient (Wildman–Crippen LogP) is 5.12. The molecule has 0 N–H and O–H groups in total. The van der Waals surface area contributed by atoms with E-state index in [9.17, 15) is 13.2 Å². The molecular weight excluding hydrogens is 241 g/mol. The van der Waals surface area contributed by atoms with Crippen molar-refractivity contribution < 1.29 is 17.9 Å². The van der Waals surface area contributed by atoms with Crippen molar-refractivity contribution in [3.8, 4) is 5.75 Å². The number of hydrogen-bond acceptors (Lipinski definition) is 1. The summed E-state index contributed by atoms with van der Waals surface area (Å²) in [6.45, 7) is 6.05. The summed E-state index contributed by atoms with van der Waals surface area (Å²) in [7, 11) is 0. The second-order valence-electron chi connectivity index (χ2n) is 4.10. The summed E-state index contributed by atoms with van der Waals surface area (Å²) in [6, 6.07) is 6.42. The molecule has 0 radical (unpaired) electrons. The average Bonchev–Trinajstić information content (AvgIpc) is 3.09. The molecule has 0 aliphatic heterocycles. The van der Waals surface area contributed by atoms with E-state index in [4.69, 9.17) is 0 Å². The first-order chi connectivity index (χ1) is 8.51. The van der Waals surface area contributed by atoms with Gasteiger partial charge in [0.25, 0.3) is 0 Å². The molecule has 1 saturated carbocycles. The molecule has 4 heteroatoms. The van der Waals surface area contributed by atoms with Gasteiger partial charge in [0, 0.05) is 0 Å². The quantitative estimate of drug-likeness (QED) is 0.732. The highest BCUT2D eigenvalue weighted by Gasteiger charge is 2.40. The second-order valence-corrected chi connectivity index (χ2v) is 4.10. The zero-order chi connectivity index (χ0) is 13.8. The van der Waals surface area contributed by atoms with E-state index < -0.39 is 6.36 Å². The summed E-state index contributed by atoms with van der Waals surface area (Å²) in [6.07, 6.45) is -2.63. The minimum atomic E-state index is -4.60. The lowest BCUT2D eigenvalue weighted by molar-refractivity contribution is -0.274. The number of hydrogen-bond donors (Lipinski definition) is 0. The van der Waals surface area contributed by atoms with Gasteiger partial charge in [-0.25, -0.2) is 0 Å². The fourth-order valence-corrected chi connectivity index (χ4v) is 2.08. The Hall–Kier alpha value is -1.19. The fraction of sp³-hybridized carbons (Fsp3) is 0.571. The maximum absolute atomic E-state index is 12.2. The highest BCUT2D eigenvalue weighted by molar-refractivity contribution is 5.39. The lowest BCUT2D eigenvalue weighted by Gasteiger charge is -2.12. The number of rotatable bonds is 3. The monoisotopic (exact) mass is 260 g/mol. The molecule has 2 atom stereocenters. The molecular formula is C14H19F3O. The third-order valence-electron chi connectivity index (χ3n) is 2.99. The second kappa shape index (κ2) is 6.12. The van der Waals surface area contributed by atoms with Crippen LogP contribution in [0.1, 0.15) is 45.1 Å². The van der Waals surface area contributed by atoms with E-state index in [2.05, 4.69) is 11.7 Å². The topological polar surface area (TPSA) is 9.23 Å². The maximum Gasteiger partial charge on any atom is 0.573 e. The van der Waals surface area contributed by atoms with Gasteiger partial charge in [0.15, 0.2) is 0 Å². The zero-order valence-electron chi connectivity index (χ0n) is 10.9. The molecule has 102 valence electrons. The van der Waals surface area contributed by atoms with Gasteiger partial charge in [-0.1, -0.05) is 45.4 Å². The molecule has 0 saturated heterocycles. The van der Waals surface area contributed by atoms with E-state index in [0.29, 0.717) is 11.5 Å².